The Bertz CT molecular complexity index is 1010. The molecule has 0 saturated heterocycles. The molecule has 148 valence electrons. The first-order chi connectivity index (χ1) is 13.2. The first-order valence-electron chi connectivity index (χ1n) is 8.57. The molecule has 9 heteroatoms. The van der Waals surface area contributed by atoms with E-state index < -0.39 is 11.7 Å². The summed E-state index contributed by atoms with van der Waals surface area (Å²) in [6.45, 7) is 2.65. The standard InChI is InChI=1S/C19H19F3N4O2/c1-11-16-13(18(27)26(3)9-8-23-2)10-15(24-17(16)28-25-11)12-6-4-5-7-14(12)19(20,21)22/h4-7,10,23H,8-9H2,1-3H3. The molecule has 0 atom stereocenters. The van der Waals surface area contributed by atoms with Gasteiger partial charge in [-0.1, -0.05) is 23.4 Å². The van der Waals surface area contributed by atoms with Gasteiger partial charge in [-0.15, -0.1) is 0 Å². The summed E-state index contributed by atoms with van der Waals surface area (Å²) < 4.78 is 45.5. The van der Waals surface area contributed by atoms with Crippen molar-refractivity contribution >= 4 is 17.0 Å². The van der Waals surface area contributed by atoms with Crippen molar-refractivity contribution < 1.29 is 22.5 Å². The van der Waals surface area contributed by atoms with Crippen LogP contribution in [0.3, 0.4) is 0 Å². The van der Waals surface area contributed by atoms with Crippen LogP contribution in [0.25, 0.3) is 22.4 Å². The third-order valence-electron chi connectivity index (χ3n) is 4.40. The molecular weight excluding hydrogens is 373 g/mol. The van der Waals surface area contributed by atoms with Crippen molar-refractivity contribution in [3.63, 3.8) is 0 Å². The zero-order valence-electron chi connectivity index (χ0n) is 15.6. The molecule has 2 aromatic heterocycles. The Balaban J connectivity index is 2.19. The number of nitrogens with one attached hydrogen (secondary N) is 1. The lowest BCUT2D eigenvalue weighted by atomic mass is 10.0. The fraction of sp³-hybridized carbons (Fsp3) is 0.316. The molecule has 1 aromatic carbocycles. The molecular formula is C19H19F3N4O2. The summed E-state index contributed by atoms with van der Waals surface area (Å²) in [4.78, 5) is 18.6. The van der Waals surface area contributed by atoms with Crippen molar-refractivity contribution in [2.24, 2.45) is 0 Å². The normalized spacial score (nSPS) is 11.8. The highest BCUT2D eigenvalue weighted by molar-refractivity contribution is 6.07. The van der Waals surface area contributed by atoms with E-state index in [2.05, 4.69) is 15.5 Å². The van der Waals surface area contributed by atoms with Crippen LogP contribution in [0.15, 0.2) is 34.9 Å². The van der Waals surface area contributed by atoms with E-state index >= 15 is 0 Å². The second-order valence-electron chi connectivity index (χ2n) is 6.38. The molecule has 1 N–H and O–H groups in total. The number of fused-ring (bicyclic) bond motifs is 1. The van der Waals surface area contributed by atoms with Gasteiger partial charge < -0.3 is 14.7 Å². The van der Waals surface area contributed by atoms with E-state index in [1.54, 1.807) is 21.0 Å². The van der Waals surface area contributed by atoms with Gasteiger partial charge in [-0.25, -0.2) is 4.98 Å². The zero-order chi connectivity index (χ0) is 20.5. The maximum atomic E-state index is 13.4. The maximum absolute atomic E-state index is 13.4. The van der Waals surface area contributed by atoms with Gasteiger partial charge in [0, 0.05) is 25.7 Å². The summed E-state index contributed by atoms with van der Waals surface area (Å²) in [5, 5.41) is 7.17. The molecule has 0 radical (unpaired) electrons. The van der Waals surface area contributed by atoms with E-state index in [0.29, 0.717) is 24.2 Å². The Labute approximate surface area is 159 Å². The minimum atomic E-state index is -4.56. The van der Waals surface area contributed by atoms with Crippen molar-refractivity contribution in [1.29, 1.82) is 0 Å². The lowest BCUT2D eigenvalue weighted by Gasteiger charge is -2.18. The van der Waals surface area contributed by atoms with E-state index in [1.807, 2.05) is 0 Å². The number of aryl methyl sites for hydroxylation is 1. The van der Waals surface area contributed by atoms with Crippen molar-refractivity contribution in [3.8, 4) is 11.3 Å². The third-order valence-corrected chi connectivity index (χ3v) is 4.40. The Hall–Kier alpha value is -2.94. The van der Waals surface area contributed by atoms with Gasteiger partial charge in [0.1, 0.15) is 0 Å². The van der Waals surface area contributed by atoms with E-state index in [0.717, 1.165) is 6.07 Å². The average molecular weight is 392 g/mol. The Morgan fingerprint density at radius 3 is 2.68 bits per heavy atom. The van der Waals surface area contributed by atoms with Crippen molar-refractivity contribution in [2.75, 3.05) is 27.2 Å². The van der Waals surface area contributed by atoms with Crippen molar-refractivity contribution in [1.82, 2.24) is 20.4 Å². The molecule has 3 aromatic rings. The number of benzene rings is 1. The number of hydrogen-bond donors (Lipinski definition) is 1. The average Bonchev–Trinajstić information content (AvgIpc) is 3.05. The maximum Gasteiger partial charge on any atom is 0.417 e. The number of aromatic nitrogens is 2. The quantitative estimate of drug-likeness (QED) is 0.720. The lowest BCUT2D eigenvalue weighted by Crippen LogP contribution is -2.33. The van der Waals surface area contributed by atoms with E-state index in [4.69, 9.17) is 4.52 Å². The van der Waals surface area contributed by atoms with Gasteiger partial charge in [-0.05, 0) is 26.1 Å². The van der Waals surface area contributed by atoms with E-state index in [9.17, 15) is 18.0 Å². The molecule has 0 aliphatic rings. The molecule has 0 aliphatic carbocycles. The number of carbonyl (C=O) groups is 1. The largest absolute Gasteiger partial charge is 0.417 e. The first-order valence-corrected chi connectivity index (χ1v) is 8.57. The van der Waals surface area contributed by atoms with Crippen LogP contribution in [-0.2, 0) is 6.18 Å². The Kier molecular flexibility index (Phi) is 5.37. The lowest BCUT2D eigenvalue weighted by molar-refractivity contribution is -0.137. The number of hydrogen-bond acceptors (Lipinski definition) is 5. The predicted molar refractivity (Wildman–Crippen MR) is 97.9 cm³/mol. The van der Waals surface area contributed by atoms with Gasteiger partial charge in [0.2, 0.25) is 0 Å². The number of rotatable bonds is 5. The minimum Gasteiger partial charge on any atom is -0.340 e. The van der Waals surface area contributed by atoms with Gasteiger partial charge in [-0.3, -0.25) is 4.79 Å². The van der Waals surface area contributed by atoms with Gasteiger partial charge >= 0.3 is 6.18 Å². The third kappa shape index (κ3) is 3.70. The number of likely N-dealkylation sites (N-methyl/N-ethyl adjacent to an activating group) is 2. The number of alkyl halides is 3. The molecule has 0 unspecified atom stereocenters. The summed E-state index contributed by atoms with van der Waals surface area (Å²) in [6, 6.07) is 6.46. The molecule has 0 fully saturated rings. The highest BCUT2D eigenvalue weighted by Gasteiger charge is 2.34. The van der Waals surface area contributed by atoms with Crippen LogP contribution in [0.1, 0.15) is 21.6 Å². The minimum absolute atomic E-state index is 0.00180. The van der Waals surface area contributed by atoms with Gasteiger partial charge in [0.05, 0.1) is 27.9 Å². The Morgan fingerprint density at radius 1 is 1.29 bits per heavy atom. The van der Waals surface area contributed by atoms with Gasteiger partial charge in [0.25, 0.3) is 11.6 Å². The zero-order valence-corrected chi connectivity index (χ0v) is 15.6. The molecule has 0 saturated carbocycles. The molecule has 28 heavy (non-hydrogen) atoms. The molecule has 1 amide bonds. The van der Waals surface area contributed by atoms with Crippen LogP contribution in [0.4, 0.5) is 13.2 Å². The smallest absolute Gasteiger partial charge is 0.340 e. The highest BCUT2D eigenvalue weighted by Crippen LogP contribution is 2.37. The Morgan fingerprint density at radius 2 is 2.00 bits per heavy atom. The molecule has 0 spiro atoms. The summed E-state index contributed by atoms with van der Waals surface area (Å²) in [5.41, 5.74) is -0.282. The van der Waals surface area contributed by atoms with Crippen molar-refractivity contribution in [2.45, 2.75) is 13.1 Å². The number of carbonyl (C=O) groups excluding carboxylic acids is 1. The van der Waals surface area contributed by atoms with Crippen LogP contribution in [-0.4, -0.2) is 48.1 Å². The molecule has 6 nitrogen and oxygen atoms in total. The molecule has 0 bridgehead atoms. The van der Waals surface area contributed by atoms with Crippen LogP contribution in [0, 0.1) is 6.92 Å². The number of pyridine rings is 1. The molecule has 2 heterocycles. The molecule has 3 rings (SSSR count). The summed E-state index contributed by atoms with van der Waals surface area (Å²) in [6.07, 6.45) is -4.56. The van der Waals surface area contributed by atoms with Crippen LogP contribution in [0.5, 0.6) is 0 Å². The second kappa shape index (κ2) is 7.59. The number of nitrogens with zero attached hydrogens (tertiary/aromatic N) is 3. The number of halogens is 3. The van der Waals surface area contributed by atoms with Gasteiger partial charge in [0.15, 0.2) is 0 Å². The fourth-order valence-corrected chi connectivity index (χ4v) is 2.94. The number of amides is 1. The van der Waals surface area contributed by atoms with E-state index in [1.165, 1.54) is 29.2 Å². The SMILES string of the molecule is CNCCN(C)C(=O)c1cc(-c2ccccc2C(F)(F)F)nc2onc(C)c12. The van der Waals surface area contributed by atoms with Crippen LogP contribution < -0.4 is 5.32 Å². The summed E-state index contributed by atoms with van der Waals surface area (Å²) in [7, 11) is 3.39. The van der Waals surface area contributed by atoms with Gasteiger partial charge in [-0.2, -0.15) is 13.2 Å². The highest BCUT2D eigenvalue weighted by atomic mass is 19.4. The van der Waals surface area contributed by atoms with Crippen molar-refractivity contribution in [3.05, 3.63) is 47.2 Å². The first kappa shape index (κ1) is 19.8. The van der Waals surface area contributed by atoms with E-state index in [-0.39, 0.29) is 28.4 Å². The van der Waals surface area contributed by atoms with Crippen LogP contribution >= 0.6 is 0 Å². The topological polar surface area (TPSA) is 71.3 Å². The van der Waals surface area contributed by atoms with Crippen LogP contribution in [0.2, 0.25) is 0 Å². The monoisotopic (exact) mass is 392 g/mol. The second-order valence-corrected chi connectivity index (χ2v) is 6.38. The fourth-order valence-electron chi connectivity index (χ4n) is 2.94. The summed E-state index contributed by atoms with van der Waals surface area (Å²) in [5.74, 6) is -0.348. The molecule has 0 aliphatic heterocycles. The summed E-state index contributed by atoms with van der Waals surface area (Å²) >= 11 is 0. The predicted octanol–water partition coefficient (Wildman–Crippen LogP) is 3.51.